The van der Waals surface area contributed by atoms with Gasteiger partial charge in [0.25, 0.3) is 0 Å². The van der Waals surface area contributed by atoms with Crippen molar-refractivity contribution in [3.05, 3.63) is 59.9 Å². The molecule has 0 aliphatic heterocycles. The van der Waals surface area contributed by atoms with Crippen LogP contribution in [0.3, 0.4) is 0 Å². The Kier molecular flexibility index (Phi) is 3.70. The quantitative estimate of drug-likeness (QED) is 0.583. The van der Waals surface area contributed by atoms with E-state index in [1.165, 1.54) is 6.07 Å². The van der Waals surface area contributed by atoms with Crippen LogP contribution >= 0.6 is 0 Å². The third-order valence-corrected chi connectivity index (χ3v) is 3.64. The van der Waals surface area contributed by atoms with Crippen LogP contribution in [0.2, 0.25) is 0 Å². The predicted octanol–water partition coefficient (Wildman–Crippen LogP) is 3.95. The lowest BCUT2D eigenvalue weighted by molar-refractivity contribution is 0.314. The van der Waals surface area contributed by atoms with Gasteiger partial charge in [-0.15, -0.1) is 0 Å². The Morgan fingerprint density at radius 2 is 1.36 bits per heavy atom. The minimum Gasteiger partial charge on any atom is -0.337 e. The molecule has 0 amide bonds. The average molecular weight is 336 g/mol. The number of aryl methyl sites for hydroxylation is 1. The van der Waals surface area contributed by atoms with Crippen molar-refractivity contribution in [2.75, 3.05) is 10.6 Å². The van der Waals surface area contributed by atoms with Crippen LogP contribution in [0, 0.1) is 12.7 Å². The first kappa shape index (κ1) is 15.0. The number of rotatable bonds is 4. The molecule has 25 heavy (non-hydrogen) atoms. The zero-order valence-electron chi connectivity index (χ0n) is 13.2. The van der Waals surface area contributed by atoms with Gasteiger partial charge in [-0.25, -0.2) is 19.0 Å². The maximum absolute atomic E-state index is 14.0. The molecule has 2 aromatic carbocycles. The summed E-state index contributed by atoms with van der Waals surface area (Å²) in [5.74, 6) is 0.307. The van der Waals surface area contributed by atoms with Crippen molar-refractivity contribution >= 4 is 34.3 Å². The molecule has 0 fully saturated rings. The molecule has 0 aliphatic carbocycles. The van der Waals surface area contributed by atoms with Crippen LogP contribution in [0.25, 0.3) is 11.3 Å². The van der Waals surface area contributed by atoms with Crippen LogP contribution in [0.5, 0.6) is 0 Å². The van der Waals surface area contributed by atoms with E-state index >= 15 is 0 Å². The number of halogens is 1. The van der Waals surface area contributed by atoms with Crippen molar-refractivity contribution in [1.29, 1.82) is 0 Å². The Morgan fingerprint density at radius 3 is 2.00 bits per heavy atom. The summed E-state index contributed by atoms with van der Waals surface area (Å²) in [6.45, 7) is 1.97. The van der Waals surface area contributed by atoms with E-state index in [4.69, 9.17) is 0 Å². The average Bonchev–Trinajstić information content (AvgIpc) is 3.06. The number of para-hydroxylation sites is 2. The molecule has 0 atom stereocenters. The van der Waals surface area contributed by atoms with Gasteiger partial charge < -0.3 is 10.6 Å². The second kappa shape index (κ2) is 6.16. The number of nitrogens with one attached hydrogen (secondary N) is 2. The molecule has 2 N–H and O–H groups in total. The standard InChI is InChI=1S/C17H13FN6O/c1-10-6-2-4-8-12(10)19-14-15(20-13-9-5-3-7-11(13)18)22-17-16(21-14)23-25-24-17/h2-9H,1H3,(H,19,21,23)(H,20,22,24). The Morgan fingerprint density at radius 1 is 0.800 bits per heavy atom. The summed E-state index contributed by atoms with van der Waals surface area (Å²) < 4.78 is 18.6. The fraction of sp³-hybridized carbons (Fsp3) is 0.0588. The lowest BCUT2D eigenvalue weighted by Gasteiger charge is -2.13. The van der Waals surface area contributed by atoms with E-state index in [0.717, 1.165) is 11.3 Å². The third kappa shape index (κ3) is 2.97. The van der Waals surface area contributed by atoms with E-state index in [0.29, 0.717) is 11.6 Å². The molecule has 0 saturated heterocycles. The summed E-state index contributed by atoms with van der Waals surface area (Å²) in [5, 5.41) is 13.5. The van der Waals surface area contributed by atoms with Crippen LogP contribution < -0.4 is 10.6 Å². The Balaban J connectivity index is 1.78. The summed E-state index contributed by atoms with van der Waals surface area (Å²) in [5.41, 5.74) is 2.65. The minimum absolute atomic E-state index is 0.231. The molecule has 4 rings (SSSR count). The van der Waals surface area contributed by atoms with Crippen LogP contribution in [0.1, 0.15) is 5.56 Å². The maximum atomic E-state index is 14.0. The number of anilines is 4. The summed E-state index contributed by atoms with van der Waals surface area (Å²) in [6, 6.07) is 14.0. The van der Waals surface area contributed by atoms with E-state index < -0.39 is 5.82 Å². The summed E-state index contributed by atoms with van der Waals surface area (Å²) in [6.07, 6.45) is 0. The zero-order valence-corrected chi connectivity index (χ0v) is 13.2. The normalized spacial score (nSPS) is 10.8. The lowest BCUT2D eigenvalue weighted by Crippen LogP contribution is -2.04. The molecule has 0 saturated carbocycles. The molecule has 124 valence electrons. The number of fused-ring (bicyclic) bond motifs is 1. The molecule has 0 radical (unpaired) electrons. The highest BCUT2D eigenvalue weighted by Gasteiger charge is 2.15. The van der Waals surface area contributed by atoms with E-state index in [9.17, 15) is 4.39 Å². The molecule has 2 aromatic heterocycles. The van der Waals surface area contributed by atoms with Crippen molar-refractivity contribution in [2.45, 2.75) is 6.92 Å². The Bertz CT molecular complexity index is 967. The van der Waals surface area contributed by atoms with Gasteiger partial charge in [0.2, 0.25) is 11.3 Å². The maximum Gasteiger partial charge on any atom is 0.245 e. The van der Waals surface area contributed by atoms with Crippen LogP contribution in [-0.4, -0.2) is 20.3 Å². The molecule has 2 heterocycles. The highest BCUT2D eigenvalue weighted by atomic mass is 19.1. The number of hydrogen-bond donors (Lipinski definition) is 2. The molecule has 4 aromatic rings. The first-order chi connectivity index (χ1) is 12.2. The van der Waals surface area contributed by atoms with E-state index in [2.05, 4.69) is 35.5 Å². The van der Waals surface area contributed by atoms with Crippen LogP contribution in [-0.2, 0) is 0 Å². The Hall–Kier alpha value is -3.55. The van der Waals surface area contributed by atoms with Gasteiger partial charge in [0.1, 0.15) is 5.82 Å². The number of aromatic nitrogens is 4. The predicted molar refractivity (Wildman–Crippen MR) is 91.5 cm³/mol. The van der Waals surface area contributed by atoms with E-state index in [1.807, 2.05) is 31.2 Å². The fourth-order valence-corrected chi connectivity index (χ4v) is 2.34. The molecule has 0 spiro atoms. The number of nitrogens with zero attached hydrogens (tertiary/aromatic N) is 4. The molecule has 0 unspecified atom stereocenters. The number of hydrogen-bond acceptors (Lipinski definition) is 7. The number of benzene rings is 2. The van der Waals surface area contributed by atoms with Crippen molar-refractivity contribution < 1.29 is 9.02 Å². The second-order valence-corrected chi connectivity index (χ2v) is 5.38. The minimum atomic E-state index is -0.399. The van der Waals surface area contributed by atoms with Gasteiger partial charge in [-0.05, 0) is 41.0 Å². The van der Waals surface area contributed by atoms with Gasteiger partial charge in [0, 0.05) is 5.69 Å². The second-order valence-electron chi connectivity index (χ2n) is 5.38. The monoisotopic (exact) mass is 336 g/mol. The fourth-order valence-electron chi connectivity index (χ4n) is 2.34. The molecular formula is C17H13FN6O. The van der Waals surface area contributed by atoms with Crippen molar-refractivity contribution in [2.24, 2.45) is 0 Å². The first-order valence-corrected chi connectivity index (χ1v) is 7.55. The van der Waals surface area contributed by atoms with Crippen molar-refractivity contribution in [1.82, 2.24) is 20.3 Å². The van der Waals surface area contributed by atoms with Gasteiger partial charge in [-0.1, -0.05) is 30.3 Å². The van der Waals surface area contributed by atoms with Gasteiger partial charge in [-0.3, -0.25) is 0 Å². The highest BCUT2D eigenvalue weighted by Crippen LogP contribution is 2.28. The van der Waals surface area contributed by atoms with Crippen LogP contribution in [0.15, 0.2) is 53.2 Å². The zero-order chi connectivity index (χ0) is 17.2. The van der Waals surface area contributed by atoms with Gasteiger partial charge in [-0.2, -0.15) is 0 Å². The highest BCUT2D eigenvalue weighted by molar-refractivity contribution is 5.79. The van der Waals surface area contributed by atoms with Crippen LogP contribution in [0.4, 0.5) is 27.4 Å². The SMILES string of the molecule is Cc1ccccc1Nc1nc2nonc2nc1Nc1ccccc1F. The molecular weight excluding hydrogens is 323 g/mol. The molecule has 7 nitrogen and oxygen atoms in total. The van der Waals surface area contributed by atoms with Crippen molar-refractivity contribution in [3.63, 3.8) is 0 Å². The largest absolute Gasteiger partial charge is 0.337 e. The summed E-state index contributed by atoms with van der Waals surface area (Å²) >= 11 is 0. The van der Waals surface area contributed by atoms with E-state index in [-0.39, 0.29) is 17.0 Å². The first-order valence-electron chi connectivity index (χ1n) is 7.55. The van der Waals surface area contributed by atoms with Gasteiger partial charge in [0.15, 0.2) is 11.6 Å². The van der Waals surface area contributed by atoms with Gasteiger partial charge >= 0.3 is 0 Å². The molecule has 0 bridgehead atoms. The topological polar surface area (TPSA) is 88.8 Å². The molecule has 8 heteroatoms. The van der Waals surface area contributed by atoms with Crippen molar-refractivity contribution in [3.8, 4) is 0 Å². The summed E-state index contributed by atoms with van der Waals surface area (Å²) in [4.78, 5) is 8.70. The smallest absolute Gasteiger partial charge is 0.245 e. The summed E-state index contributed by atoms with van der Waals surface area (Å²) in [7, 11) is 0. The third-order valence-electron chi connectivity index (χ3n) is 3.64. The Labute approximate surface area is 141 Å². The van der Waals surface area contributed by atoms with E-state index in [1.54, 1.807) is 18.2 Å². The molecule has 0 aliphatic rings. The van der Waals surface area contributed by atoms with Gasteiger partial charge in [0.05, 0.1) is 5.69 Å². The lowest BCUT2D eigenvalue weighted by atomic mass is 10.2.